The van der Waals surface area contributed by atoms with Gasteiger partial charge >= 0.3 is 0 Å². The first-order valence-corrected chi connectivity index (χ1v) is 13.2. The molecule has 2 fully saturated rings. The fraction of sp³-hybridized carbons (Fsp3) is 0.556. The van der Waals surface area contributed by atoms with E-state index in [-0.39, 0.29) is 18.1 Å². The van der Waals surface area contributed by atoms with Crippen LogP contribution in [-0.2, 0) is 9.53 Å². The van der Waals surface area contributed by atoms with E-state index in [1.54, 1.807) is 0 Å². The highest BCUT2D eigenvalue weighted by Gasteiger charge is 2.26. The van der Waals surface area contributed by atoms with Gasteiger partial charge in [-0.1, -0.05) is 32.3 Å². The maximum atomic E-state index is 12.7. The predicted molar refractivity (Wildman–Crippen MR) is 144 cm³/mol. The number of ether oxygens (including phenoxy) is 1. The SMILES string of the molecule is CCC/C=C(\N[C@@H]1CCCC[C@@H]1N)N(C)/C(C(N)=O)=C(\C)Nc1cccc2c1cnn2C1CCOC1. The summed E-state index contributed by atoms with van der Waals surface area (Å²) in [6.45, 7) is 5.45. The highest BCUT2D eigenvalue weighted by atomic mass is 16.5. The summed E-state index contributed by atoms with van der Waals surface area (Å²) in [6, 6.07) is 6.56. The van der Waals surface area contributed by atoms with Crippen molar-refractivity contribution in [1.29, 1.82) is 0 Å². The summed E-state index contributed by atoms with van der Waals surface area (Å²) in [5.74, 6) is 0.368. The molecule has 1 aromatic carbocycles. The molecule has 6 N–H and O–H groups in total. The normalized spacial score (nSPS) is 23.4. The summed E-state index contributed by atoms with van der Waals surface area (Å²) in [7, 11) is 1.88. The quantitative estimate of drug-likeness (QED) is 0.372. The van der Waals surface area contributed by atoms with E-state index >= 15 is 0 Å². The van der Waals surface area contributed by atoms with Crippen molar-refractivity contribution in [2.45, 2.75) is 76.9 Å². The topological polar surface area (TPSA) is 123 Å². The molecule has 9 heteroatoms. The standard InChI is InChI=1S/C27H41N7O2/c1-4-5-13-25(32-23-10-7-6-9-21(23)28)33(3)26(27(29)35)18(2)31-22-11-8-12-24-20(22)16-30-34(24)19-14-15-36-17-19/h8,11-13,16,19,21,23,31-32H,4-7,9-10,14-15,17,28H2,1-3H3,(H2,29,35)/b25-13+,26-18+/t19?,21-,23+/m0/s1. The summed E-state index contributed by atoms with van der Waals surface area (Å²) in [5.41, 5.74) is 15.3. The molecule has 1 amide bonds. The number of nitrogens with one attached hydrogen (secondary N) is 2. The van der Waals surface area contributed by atoms with Gasteiger partial charge in [0.25, 0.3) is 5.91 Å². The van der Waals surface area contributed by atoms with E-state index in [1.807, 2.05) is 41.9 Å². The average Bonchev–Trinajstić information content (AvgIpc) is 3.53. The minimum atomic E-state index is -0.495. The van der Waals surface area contributed by atoms with Gasteiger partial charge in [-0.15, -0.1) is 0 Å². The number of rotatable bonds is 10. The van der Waals surface area contributed by atoms with Gasteiger partial charge in [-0.05, 0) is 50.8 Å². The van der Waals surface area contributed by atoms with Crippen LogP contribution in [0.4, 0.5) is 5.69 Å². The third-order valence-corrected chi connectivity index (χ3v) is 7.28. The summed E-state index contributed by atoms with van der Waals surface area (Å²) in [4.78, 5) is 14.6. The largest absolute Gasteiger partial charge is 0.379 e. The molecule has 196 valence electrons. The smallest absolute Gasteiger partial charge is 0.267 e. The van der Waals surface area contributed by atoms with Crippen LogP contribution in [0.5, 0.6) is 0 Å². The van der Waals surface area contributed by atoms with Crippen molar-refractivity contribution < 1.29 is 9.53 Å². The zero-order valence-electron chi connectivity index (χ0n) is 21.8. The summed E-state index contributed by atoms with van der Waals surface area (Å²) < 4.78 is 7.60. The van der Waals surface area contributed by atoms with Gasteiger partial charge < -0.3 is 31.7 Å². The minimum absolute atomic E-state index is 0.0943. The predicted octanol–water partition coefficient (Wildman–Crippen LogP) is 3.56. The van der Waals surface area contributed by atoms with Gasteiger partial charge in [0.2, 0.25) is 0 Å². The highest BCUT2D eigenvalue weighted by Crippen LogP contribution is 2.30. The Labute approximate surface area is 213 Å². The number of allylic oxidation sites excluding steroid dienone is 2. The molecule has 4 rings (SSSR count). The minimum Gasteiger partial charge on any atom is -0.379 e. The van der Waals surface area contributed by atoms with Crippen LogP contribution in [0.1, 0.15) is 64.8 Å². The van der Waals surface area contributed by atoms with Crippen LogP contribution in [0.15, 0.2) is 47.7 Å². The Hall–Kier alpha value is -3.04. The third kappa shape index (κ3) is 5.68. The van der Waals surface area contributed by atoms with Crippen molar-refractivity contribution in [1.82, 2.24) is 20.0 Å². The lowest BCUT2D eigenvalue weighted by Crippen LogP contribution is -2.49. The maximum absolute atomic E-state index is 12.7. The lowest BCUT2D eigenvalue weighted by atomic mass is 9.91. The molecular weight excluding hydrogens is 454 g/mol. The molecule has 2 aromatic rings. The van der Waals surface area contributed by atoms with Gasteiger partial charge in [-0.3, -0.25) is 9.48 Å². The molecule has 1 aromatic heterocycles. The summed E-state index contributed by atoms with van der Waals surface area (Å²) >= 11 is 0. The molecule has 3 atom stereocenters. The van der Waals surface area contributed by atoms with Crippen molar-refractivity contribution in [3.05, 3.63) is 47.7 Å². The van der Waals surface area contributed by atoms with E-state index < -0.39 is 5.91 Å². The fourth-order valence-electron chi connectivity index (χ4n) is 5.27. The van der Waals surface area contributed by atoms with Gasteiger partial charge in [0, 0.05) is 42.5 Å². The number of unbranched alkanes of at least 4 members (excludes halogenated alkanes) is 1. The highest BCUT2D eigenvalue weighted by molar-refractivity contribution is 5.95. The van der Waals surface area contributed by atoms with E-state index in [0.29, 0.717) is 18.0 Å². The van der Waals surface area contributed by atoms with Crippen LogP contribution < -0.4 is 22.1 Å². The van der Waals surface area contributed by atoms with Crippen LogP contribution >= 0.6 is 0 Å². The monoisotopic (exact) mass is 495 g/mol. The molecule has 1 saturated carbocycles. The molecule has 0 bridgehead atoms. The number of hydrogen-bond acceptors (Lipinski definition) is 7. The van der Waals surface area contributed by atoms with Gasteiger partial charge in [-0.25, -0.2) is 0 Å². The van der Waals surface area contributed by atoms with Gasteiger partial charge in [0.1, 0.15) is 11.5 Å². The van der Waals surface area contributed by atoms with E-state index in [9.17, 15) is 4.79 Å². The number of carbonyl (C=O) groups is 1. The zero-order valence-corrected chi connectivity index (χ0v) is 21.8. The van der Waals surface area contributed by atoms with Crippen LogP contribution in [-0.4, -0.2) is 52.9 Å². The molecule has 1 unspecified atom stereocenters. The Bertz CT molecular complexity index is 1120. The van der Waals surface area contributed by atoms with Crippen LogP contribution in [0.25, 0.3) is 10.9 Å². The average molecular weight is 496 g/mol. The molecule has 1 aliphatic heterocycles. The number of hydrogen-bond donors (Lipinski definition) is 4. The van der Waals surface area contributed by atoms with Crippen LogP contribution in [0.2, 0.25) is 0 Å². The first-order valence-electron chi connectivity index (χ1n) is 13.2. The number of benzene rings is 1. The number of nitrogens with two attached hydrogens (primary N) is 2. The number of likely N-dealkylation sites (N-methyl/N-ethyl adjacent to an activating group) is 1. The molecule has 2 aliphatic rings. The number of fused-ring (bicyclic) bond motifs is 1. The van der Waals surface area contributed by atoms with Gasteiger partial charge in [0.15, 0.2) is 0 Å². The summed E-state index contributed by atoms with van der Waals surface area (Å²) in [5, 5.41) is 12.7. The Balaban J connectivity index is 1.62. The molecular formula is C27H41N7O2. The van der Waals surface area contributed by atoms with Crippen molar-refractivity contribution in [3.63, 3.8) is 0 Å². The Morgan fingerprint density at radius 3 is 2.81 bits per heavy atom. The summed E-state index contributed by atoms with van der Waals surface area (Å²) in [6.07, 6.45) is 11.2. The Kier molecular flexibility index (Phi) is 8.53. The fourth-order valence-corrected chi connectivity index (χ4v) is 5.27. The lowest BCUT2D eigenvalue weighted by Gasteiger charge is -2.35. The first-order chi connectivity index (χ1) is 17.4. The maximum Gasteiger partial charge on any atom is 0.267 e. The number of carbonyl (C=O) groups excluding carboxylic acids is 1. The number of primary amides is 1. The van der Waals surface area contributed by atoms with Crippen LogP contribution in [0.3, 0.4) is 0 Å². The van der Waals surface area contributed by atoms with E-state index in [4.69, 9.17) is 16.2 Å². The van der Waals surface area contributed by atoms with Crippen molar-refractivity contribution in [2.24, 2.45) is 11.5 Å². The molecule has 0 spiro atoms. The number of amides is 1. The molecule has 2 heterocycles. The van der Waals surface area contributed by atoms with Crippen LogP contribution in [0, 0.1) is 0 Å². The number of aromatic nitrogens is 2. The van der Waals surface area contributed by atoms with Gasteiger partial charge in [-0.2, -0.15) is 5.10 Å². The molecule has 1 saturated heterocycles. The van der Waals surface area contributed by atoms with Gasteiger partial charge in [0.05, 0.1) is 24.4 Å². The van der Waals surface area contributed by atoms with Crippen molar-refractivity contribution >= 4 is 22.5 Å². The van der Waals surface area contributed by atoms with E-state index in [1.165, 1.54) is 0 Å². The van der Waals surface area contributed by atoms with E-state index in [2.05, 4.69) is 34.8 Å². The second-order valence-corrected chi connectivity index (χ2v) is 9.94. The van der Waals surface area contributed by atoms with Crippen molar-refractivity contribution in [3.8, 4) is 0 Å². The second kappa shape index (κ2) is 11.8. The number of anilines is 1. The lowest BCUT2D eigenvalue weighted by molar-refractivity contribution is -0.115. The molecule has 36 heavy (non-hydrogen) atoms. The Morgan fingerprint density at radius 1 is 1.31 bits per heavy atom. The second-order valence-electron chi connectivity index (χ2n) is 9.94. The van der Waals surface area contributed by atoms with E-state index in [0.717, 1.165) is 74.0 Å². The number of nitrogens with zero attached hydrogens (tertiary/aromatic N) is 3. The third-order valence-electron chi connectivity index (χ3n) is 7.28. The molecule has 1 aliphatic carbocycles. The Morgan fingerprint density at radius 2 is 2.11 bits per heavy atom. The molecule has 0 radical (unpaired) electrons. The zero-order chi connectivity index (χ0) is 25.7. The first kappa shape index (κ1) is 26.0. The van der Waals surface area contributed by atoms with Crippen molar-refractivity contribution in [2.75, 3.05) is 25.6 Å². The molecule has 9 nitrogen and oxygen atoms in total.